The smallest absolute Gasteiger partial charge is 0.326 e. The van der Waals surface area contributed by atoms with Gasteiger partial charge in [0.1, 0.15) is 22.3 Å². The summed E-state index contributed by atoms with van der Waals surface area (Å²) in [6, 6.07) is 12.2. The SMILES string of the molecule is Cn1cccc1C(=O)N1CCC(COc2cccc(NC(=O)Nc3csc(-c4ccncc4)n3)n2)C1. The van der Waals surface area contributed by atoms with Gasteiger partial charge >= 0.3 is 6.03 Å². The number of nitrogens with one attached hydrogen (secondary N) is 2. The molecule has 1 aliphatic rings. The summed E-state index contributed by atoms with van der Waals surface area (Å²) in [6.45, 7) is 1.78. The lowest BCUT2D eigenvalue weighted by Gasteiger charge is -2.17. The molecule has 1 unspecified atom stereocenters. The molecule has 0 bridgehead atoms. The molecular weight excluding hydrogens is 478 g/mol. The van der Waals surface area contributed by atoms with E-state index in [1.165, 1.54) is 11.3 Å². The van der Waals surface area contributed by atoms with Crippen LogP contribution in [0.1, 0.15) is 16.9 Å². The van der Waals surface area contributed by atoms with E-state index in [4.69, 9.17) is 4.74 Å². The van der Waals surface area contributed by atoms with Gasteiger partial charge in [-0.2, -0.15) is 4.98 Å². The lowest BCUT2D eigenvalue weighted by molar-refractivity contribution is 0.0773. The zero-order valence-electron chi connectivity index (χ0n) is 19.6. The number of urea groups is 1. The van der Waals surface area contributed by atoms with Crippen molar-refractivity contribution < 1.29 is 14.3 Å². The first-order chi connectivity index (χ1) is 17.5. The Morgan fingerprint density at radius 2 is 1.92 bits per heavy atom. The number of carbonyl (C=O) groups is 2. The van der Waals surface area contributed by atoms with Gasteiger partial charge in [0.05, 0.1) is 6.61 Å². The topological polar surface area (TPSA) is 114 Å². The van der Waals surface area contributed by atoms with Crippen molar-refractivity contribution in [3.63, 3.8) is 0 Å². The fourth-order valence-corrected chi connectivity index (χ4v) is 4.75. The van der Waals surface area contributed by atoms with Gasteiger partial charge < -0.3 is 14.2 Å². The molecule has 4 aromatic rings. The van der Waals surface area contributed by atoms with Crippen molar-refractivity contribution in [1.29, 1.82) is 0 Å². The molecule has 0 aliphatic carbocycles. The molecule has 1 atom stereocenters. The normalized spacial score (nSPS) is 15.0. The average molecular weight is 504 g/mol. The fraction of sp³-hybridized carbons (Fsp3) is 0.240. The van der Waals surface area contributed by atoms with Gasteiger partial charge in [-0.3, -0.25) is 20.4 Å². The molecule has 1 fully saturated rings. The van der Waals surface area contributed by atoms with Gasteiger partial charge in [0.15, 0.2) is 0 Å². The molecule has 3 amide bonds. The van der Waals surface area contributed by atoms with E-state index in [0.717, 1.165) is 17.0 Å². The Morgan fingerprint density at radius 1 is 1.08 bits per heavy atom. The van der Waals surface area contributed by atoms with Crippen LogP contribution in [-0.4, -0.2) is 56.1 Å². The minimum atomic E-state index is -0.447. The van der Waals surface area contributed by atoms with Crippen LogP contribution in [-0.2, 0) is 7.05 Å². The predicted molar refractivity (Wildman–Crippen MR) is 137 cm³/mol. The summed E-state index contributed by atoms with van der Waals surface area (Å²) in [5.41, 5.74) is 1.62. The van der Waals surface area contributed by atoms with Crippen molar-refractivity contribution in [2.24, 2.45) is 13.0 Å². The number of thiazole rings is 1. The average Bonchev–Trinajstić information content (AvgIpc) is 3.64. The number of amides is 3. The van der Waals surface area contributed by atoms with Crippen molar-refractivity contribution in [2.45, 2.75) is 6.42 Å². The summed E-state index contributed by atoms with van der Waals surface area (Å²) >= 11 is 1.43. The molecule has 11 heteroatoms. The van der Waals surface area contributed by atoms with Gasteiger partial charge in [0.2, 0.25) is 5.88 Å². The van der Waals surface area contributed by atoms with Crippen LogP contribution < -0.4 is 15.4 Å². The van der Waals surface area contributed by atoms with Crippen LogP contribution in [0.2, 0.25) is 0 Å². The Hall–Kier alpha value is -4.25. The predicted octanol–water partition coefficient (Wildman–Crippen LogP) is 4.12. The molecule has 2 N–H and O–H groups in total. The van der Waals surface area contributed by atoms with Crippen LogP contribution in [0.25, 0.3) is 10.6 Å². The molecule has 4 aromatic heterocycles. The maximum atomic E-state index is 12.7. The number of anilines is 2. The van der Waals surface area contributed by atoms with Gasteiger partial charge in [-0.15, -0.1) is 11.3 Å². The summed E-state index contributed by atoms with van der Waals surface area (Å²) in [5, 5.41) is 7.99. The van der Waals surface area contributed by atoms with Crippen LogP contribution in [0.5, 0.6) is 5.88 Å². The first-order valence-electron chi connectivity index (χ1n) is 11.5. The number of nitrogens with zero attached hydrogens (tertiary/aromatic N) is 5. The van der Waals surface area contributed by atoms with Gasteiger partial charge in [0, 0.05) is 61.7 Å². The summed E-state index contributed by atoms with van der Waals surface area (Å²) in [5.74, 6) is 1.48. The third-order valence-corrected chi connectivity index (χ3v) is 6.73. The highest BCUT2D eigenvalue weighted by atomic mass is 32.1. The number of aromatic nitrogens is 4. The Morgan fingerprint density at radius 3 is 2.72 bits per heavy atom. The number of hydrogen-bond donors (Lipinski definition) is 2. The number of ether oxygens (including phenoxy) is 1. The van der Waals surface area contributed by atoms with E-state index in [1.54, 1.807) is 36.0 Å². The number of pyridine rings is 2. The molecule has 1 aliphatic heterocycles. The molecule has 0 saturated carbocycles. The molecule has 5 rings (SSSR count). The van der Waals surface area contributed by atoms with Gasteiger partial charge in [0.25, 0.3) is 5.91 Å². The summed E-state index contributed by atoms with van der Waals surface area (Å²) < 4.78 is 7.72. The molecule has 10 nitrogen and oxygen atoms in total. The number of rotatable bonds is 7. The van der Waals surface area contributed by atoms with Gasteiger partial charge in [-0.05, 0) is 36.8 Å². The maximum Gasteiger partial charge on any atom is 0.326 e. The number of hydrogen-bond acceptors (Lipinski definition) is 7. The fourth-order valence-electron chi connectivity index (χ4n) is 3.99. The second kappa shape index (κ2) is 10.6. The van der Waals surface area contributed by atoms with E-state index in [9.17, 15) is 9.59 Å². The lowest BCUT2D eigenvalue weighted by atomic mass is 10.1. The molecule has 0 aromatic carbocycles. The van der Waals surface area contributed by atoms with E-state index < -0.39 is 6.03 Å². The molecule has 0 radical (unpaired) electrons. The highest BCUT2D eigenvalue weighted by Crippen LogP contribution is 2.25. The molecule has 36 heavy (non-hydrogen) atoms. The number of aryl methyl sites for hydroxylation is 1. The quantitative estimate of drug-likeness (QED) is 0.392. The van der Waals surface area contributed by atoms with E-state index in [2.05, 4.69) is 25.6 Å². The highest BCUT2D eigenvalue weighted by molar-refractivity contribution is 7.13. The van der Waals surface area contributed by atoms with Crippen molar-refractivity contribution in [3.05, 3.63) is 72.1 Å². The second-order valence-corrected chi connectivity index (χ2v) is 9.29. The third kappa shape index (κ3) is 5.52. The van der Waals surface area contributed by atoms with Crippen LogP contribution in [0.15, 0.2) is 66.4 Å². The standard InChI is InChI=1S/C25H25N7O3S/c1-31-12-3-4-19(31)24(33)32-13-9-17(14-32)15-35-22-6-2-5-20(27-22)29-25(34)30-21-16-36-23(28-21)18-7-10-26-11-8-18/h2-8,10-12,16-17H,9,13-15H2,1H3,(H2,27,29,30,34). The Kier molecular flexibility index (Phi) is 6.89. The monoisotopic (exact) mass is 503 g/mol. The van der Waals surface area contributed by atoms with E-state index in [0.29, 0.717) is 42.9 Å². The van der Waals surface area contributed by atoms with Crippen molar-refractivity contribution in [2.75, 3.05) is 30.3 Å². The van der Waals surface area contributed by atoms with Crippen LogP contribution >= 0.6 is 11.3 Å². The molecule has 5 heterocycles. The minimum Gasteiger partial charge on any atom is -0.477 e. The van der Waals surface area contributed by atoms with E-state index in [1.807, 2.05) is 47.0 Å². The largest absolute Gasteiger partial charge is 0.477 e. The maximum absolute atomic E-state index is 12.7. The summed E-state index contributed by atoms with van der Waals surface area (Å²) in [4.78, 5) is 39.8. The van der Waals surface area contributed by atoms with Crippen molar-refractivity contribution >= 4 is 34.9 Å². The summed E-state index contributed by atoms with van der Waals surface area (Å²) in [7, 11) is 1.87. The molecule has 184 valence electrons. The lowest BCUT2D eigenvalue weighted by Crippen LogP contribution is -2.30. The van der Waals surface area contributed by atoms with E-state index >= 15 is 0 Å². The zero-order valence-corrected chi connectivity index (χ0v) is 20.4. The zero-order chi connectivity index (χ0) is 24.9. The number of likely N-dealkylation sites (tertiary alicyclic amines) is 1. The van der Waals surface area contributed by atoms with Crippen LogP contribution in [0.3, 0.4) is 0 Å². The third-order valence-electron chi connectivity index (χ3n) is 5.84. The molecular formula is C25H25N7O3S. The second-order valence-electron chi connectivity index (χ2n) is 8.44. The number of carbonyl (C=O) groups excluding carboxylic acids is 2. The van der Waals surface area contributed by atoms with E-state index in [-0.39, 0.29) is 11.8 Å². The van der Waals surface area contributed by atoms with Crippen molar-refractivity contribution in [1.82, 2.24) is 24.4 Å². The summed E-state index contributed by atoms with van der Waals surface area (Å²) in [6.07, 6.45) is 6.13. The Balaban J connectivity index is 1.11. The van der Waals surface area contributed by atoms with Gasteiger partial charge in [-0.25, -0.2) is 9.78 Å². The molecule has 0 spiro atoms. The van der Waals surface area contributed by atoms with Gasteiger partial charge in [-0.1, -0.05) is 6.07 Å². The Bertz CT molecular complexity index is 1350. The Labute approximate surface area is 212 Å². The van der Waals surface area contributed by atoms with Crippen LogP contribution in [0.4, 0.5) is 16.4 Å². The minimum absolute atomic E-state index is 0.0355. The first kappa shape index (κ1) is 23.5. The van der Waals surface area contributed by atoms with Crippen molar-refractivity contribution in [3.8, 4) is 16.5 Å². The van der Waals surface area contributed by atoms with Crippen LogP contribution in [0, 0.1) is 5.92 Å². The first-order valence-corrected chi connectivity index (χ1v) is 12.4. The highest BCUT2D eigenvalue weighted by Gasteiger charge is 2.28. The molecule has 1 saturated heterocycles.